The average molecular weight is 247 g/mol. The van der Waals surface area contributed by atoms with Crippen LogP contribution in [-0.2, 0) is 11.2 Å². The van der Waals surface area contributed by atoms with Gasteiger partial charge in [0.25, 0.3) is 5.91 Å². The molecule has 2 N–H and O–H groups in total. The molecule has 3 rings (SSSR count). The first-order valence-electron chi connectivity index (χ1n) is 6.42. The van der Waals surface area contributed by atoms with Gasteiger partial charge in [0.2, 0.25) is 0 Å². The van der Waals surface area contributed by atoms with Crippen LogP contribution in [0, 0.1) is 5.92 Å². The molecule has 0 spiro atoms. The van der Waals surface area contributed by atoms with Crippen LogP contribution in [0.15, 0.2) is 18.2 Å². The molecule has 0 bridgehead atoms. The monoisotopic (exact) mass is 247 g/mol. The minimum atomic E-state index is -0.535. The molecule has 0 aromatic heterocycles. The SMILES string of the molecule is O=C1NCCc2ccc(C(O)C3CCOC3)cc21. The van der Waals surface area contributed by atoms with Crippen LogP contribution in [-0.4, -0.2) is 30.8 Å². The fourth-order valence-corrected chi connectivity index (χ4v) is 2.69. The maximum absolute atomic E-state index is 11.8. The highest BCUT2D eigenvalue weighted by Gasteiger charge is 2.26. The van der Waals surface area contributed by atoms with Gasteiger partial charge in [0, 0.05) is 24.6 Å². The molecule has 4 heteroatoms. The van der Waals surface area contributed by atoms with E-state index >= 15 is 0 Å². The lowest BCUT2D eigenvalue weighted by atomic mass is 9.91. The molecule has 0 saturated carbocycles. The van der Waals surface area contributed by atoms with Crippen molar-refractivity contribution in [2.75, 3.05) is 19.8 Å². The minimum absolute atomic E-state index is 0.0343. The number of hydrogen-bond donors (Lipinski definition) is 2. The highest BCUT2D eigenvalue weighted by Crippen LogP contribution is 2.30. The van der Waals surface area contributed by atoms with E-state index in [1.807, 2.05) is 18.2 Å². The number of carbonyl (C=O) groups excluding carboxylic acids is 1. The van der Waals surface area contributed by atoms with E-state index in [4.69, 9.17) is 4.74 Å². The second-order valence-corrected chi connectivity index (χ2v) is 4.99. The van der Waals surface area contributed by atoms with Crippen molar-refractivity contribution in [1.29, 1.82) is 0 Å². The number of amides is 1. The standard InChI is InChI=1S/C14H17NO3/c16-13(11-4-6-18-8-11)10-2-1-9-3-5-15-14(17)12(9)7-10/h1-2,7,11,13,16H,3-6,8H2,(H,15,17). The van der Waals surface area contributed by atoms with Crippen LogP contribution in [0.5, 0.6) is 0 Å². The first-order valence-corrected chi connectivity index (χ1v) is 6.42. The molecule has 2 unspecified atom stereocenters. The zero-order valence-electron chi connectivity index (χ0n) is 10.2. The zero-order valence-corrected chi connectivity index (χ0v) is 10.2. The summed E-state index contributed by atoms with van der Waals surface area (Å²) >= 11 is 0. The maximum atomic E-state index is 11.8. The third-order valence-electron chi connectivity index (χ3n) is 3.81. The van der Waals surface area contributed by atoms with E-state index in [1.54, 1.807) is 0 Å². The lowest BCUT2D eigenvalue weighted by Gasteiger charge is -2.21. The Morgan fingerprint density at radius 2 is 2.33 bits per heavy atom. The van der Waals surface area contributed by atoms with Crippen molar-refractivity contribution in [3.05, 3.63) is 34.9 Å². The Kier molecular flexibility index (Phi) is 3.06. The molecule has 96 valence electrons. The van der Waals surface area contributed by atoms with E-state index < -0.39 is 6.10 Å². The van der Waals surface area contributed by atoms with E-state index in [2.05, 4.69) is 5.32 Å². The molecule has 1 aromatic carbocycles. The molecule has 0 aliphatic carbocycles. The van der Waals surface area contributed by atoms with Gasteiger partial charge in [-0.2, -0.15) is 0 Å². The number of carbonyl (C=O) groups is 1. The lowest BCUT2D eigenvalue weighted by molar-refractivity contribution is 0.0910. The fraction of sp³-hybridized carbons (Fsp3) is 0.500. The zero-order chi connectivity index (χ0) is 12.5. The third kappa shape index (κ3) is 2.02. The quantitative estimate of drug-likeness (QED) is 0.821. The maximum Gasteiger partial charge on any atom is 0.251 e. The Balaban J connectivity index is 1.88. The summed E-state index contributed by atoms with van der Waals surface area (Å²) < 4.78 is 5.29. The molecule has 1 aromatic rings. The largest absolute Gasteiger partial charge is 0.388 e. The van der Waals surface area contributed by atoms with Crippen molar-refractivity contribution in [3.8, 4) is 0 Å². The second-order valence-electron chi connectivity index (χ2n) is 4.99. The van der Waals surface area contributed by atoms with Crippen molar-refractivity contribution in [2.24, 2.45) is 5.92 Å². The summed E-state index contributed by atoms with van der Waals surface area (Å²) in [6.45, 7) is 2.02. The molecular weight excluding hydrogens is 230 g/mol. The molecule has 2 aliphatic heterocycles. The fourth-order valence-electron chi connectivity index (χ4n) is 2.69. The van der Waals surface area contributed by atoms with Crippen LogP contribution in [0.3, 0.4) is 0 Å². The first kappa shape index (κ1) is 11.7. The van der Waals surface area contributed by atoms with Gasteiger partial charge in [0.15, 0.2) is 0 Å². The van der Waals surface area contributed by atoms with Crippen LogP contribution >= 0.6 is 0 Å². The number of nitrogens with one attached hydrogen (secondary N) is 1. The van der Waals surface area contributed by atoms with E-state index in [-0.39, 0.29) is 11.8 Å². The summed E-state index contributed by atoms with van der Waals surface area (Å²) in [6, 6.07) is 5.72. The van der Waals surface area contributed by atoms with Gasteiger partial charge in [0.05, 0.1) is 12.7 Å². The summed E-state index contributed by atoms with van der Waals surface area (Å²) in [5, 5.41) is 13.1. The predicted molar refractivity (Wildman–Crippen MR) is 66.4 cm³/mol. The van der Waals surface area contributed by atoms with Crippen LogP contribution in [0.4, 0.5) is 0 Å². The van der Waals surface area contributed by atoms with Gasteiger partial charge in [0.1, 0.15) is 0 Å². The summed E-state index contributed by atoms with van der Waals surface area (Å²) in [5.74, 6) is 0.114. The van der Waals surface area contributed by atoms with Gasteiger partial charge >= 0.3 is 0 Å². The number of hydrogen-bond acceptors (Lipinski definition) is 3. The van der Waals surface area contributed by atoms with Crippen molar-refractivity contribution >= 4 is 5.91 Å². The molecule has 2 aliphatic rings. The highest BCUT2D eigenvalue weighted by atomic mass is 16.5. The van der Waals surface area contributed by atoms with Gasteiger partial charge in [-0.15, -0.1) is 0 Å². The molecule has 18 heavy (non-hydrogen) atoms. The van der Waals surface area contributed by atoms with E-state index in [9.17, 15) is 9.90 Å². The number of aliphatic hydroxyl groups excluding tert-OH is 1. The second kappa shape index (κ2) is 4.71. The van der Waals surface area contributed by atoms with Crippen molar-refractivity contribution < 1.29 is 14.6 Å². The number of rotatable bonds is 2. The summed E-state index contributed by atoms with van der Waals surface area (Å²) in [7, 11) is 0. The Bertz CT molecular complexity index is 466. The van der Waals surface area contributed by atoms with E-state index in [1.165, 1.54) is 0 Å². The molecular formula is C14H17NO3. The highest BCUT2D eigenvalue weighted by molar-refractivity contribution is 5.96. The number of ether oxygens (including phenoxy) is 1. The number of fused-ring (bicyclic) bond motifs is 1. The molecule has 1 fully saturated rings. The summed E-state index contributed by atoms with van der Waals surface area (Å²) in [4.78, 5) is 11.8. The molecule has 4 nitrogen and oxygen atoms in total. The predicted octanol–water partition coefficient (Wildman–Crippen LogP) is 1.04. The minimum Gasteiger partial charge on any atom is -0.388 e. The Morgan fingerprint density at radius 1 is 1.44 bits per heavy atom. The number of benzene rings is 1. The topological polar surface area (TPSA) is 58.6 Å². The van der Waals surface area contributed by atoms with Crippen LogP contribution in [0.25, 0.3) is 0 Å². The van der Waals surface area contributed by atoms with Crippen LogP contribution < -0.4 is 5.32 Å². The Morgan fingerprint density at radius 3 is 3.11 bits per heavy atom. The molecule has 1 amide bonds. The third-order valence-corrected chi connectivity index (χ3v) is 3.81. The Labute approximate surface area is 106 Å². The average Bonchev–Trinajstić information content (AvgIpc) is 2.92. The molecule has 1 saturated heterocycles. The van der Waals surface area contributed by atoms with Gasteiger partial charge < -0.3 is 15.2 Å². The van der Waals surface area contributed by atoms with Crippen LogP contribution in [0.2, 0.25) is 0 Å². The van der Waals surface area contributed by atoms with Gasteiger partial charge in [-0.1, -0.05) is 12.1 Å². The van der Waals surface area contributed by atoms with Gasteiger partial charge in [-0.25, -0.2) is 0 Å². The van der Waals surface area contributed by atoms with Crippen molar-refractivity contribution in [3.63, 3.8) is 0 Å². The summed E-state index contributed by atoms with van der Waals surface area (Å²) in [5.41, 5.74) is 2.59. The lowest BCUT2D eigenvalue weighted by Crippen LogP contribution is -2.32. The Hall–Kier alpha value is -1.39. The van der Waals surface area contributed by atoms with E-state index in [0.717, 1.165) is 24.0 Å². The summed E-state index contributed by atoms with van der Waals surface area (Å²) in [6.07, 6.45) is 1.21. The van der Waals surface area contributed by atoms with E-state index in [0.29, 0.717) is 25.3 Å². The number of aliphatic hydroxyl groups is 1. The molecule has 2 atom stereocenters. The molecule has 2 heterocycles. The first-order chi connectivity index (χ1) is 8.75. The normalized spacial score (nSPS) is 24.5. The molecule has 0 radical (unpaired) electrons. The van der Waals surface area contributed by atoms with Gasteiger partial charge in [-0.05, 0) is 30.0 Å². The van der Waals surface area contributed by atoms with Gasteiger partial charge in [-0.3, -0.25) is 4.79 Å². The van der Waals surface area contributed by atoms with Crippen LogP contribution in [0.1, 0.15) is 34.0 Å². The smallest absolute Gasteiger partial charge is 0.251 e. The van der Waals surface area contributed by atoms with Crippen molar-refractivity contribution in [2.45, 2.75) is 18.9 Å². The van der Waals surface area contributed by atoms with Crippen molar-refractivity contribution in [1.82, 2.24) is 5.32 Å².